The van der Waals surface area contributed by atoms with E-state index in [-0.39, 0.29) is 28.8 Å². The second-order valence-corrected chi connectivity index (χ2v) is 13.5. The minimum atomic E-state index is -0.220. The molecule has 4 N–H and O–H groups in total. The summed E-state index contributed by atoms with van der Waals surface area (Å²) in [6.07, 6.45) is 0. The zero-order valence-electron chi connectivity index (χ0n) is 25.2. The Morgan fingerprint density at radius 1 is 0.417 bits per heavy atom. The highest BCUT2D eigenvalue weighted by atomic mass is 32.1. The number of phenolic OH excluding ortho intramolecular Hbond substituents is 4. The lowest BCUT2D eigenvalue weighted by Gasteiger charge is -2.12. The molecule has 6 aromatic carbocycles. The number of para-hydroxylation sites is 2. The summed E-state index contributed by atoms with van der Waals surface area (Å²) in [5.74, 6) is 0.196. The van der Waals surface area contributed by atoms with E-state index in [9.17, 15) is 20.4 Å². The van der Waals surface area contributed by atoms with E-state index >= 15 is 4.79 Å². The van der Waals surface area contributed by atoms with Gasteiger partial charge < -0.3 is 20.4 Å². The monoisotopic (exact) mass is 662 g/mol. The van der Waals surface area contributed by atoms with Gasteiger partial charge in [-0.2, -0.15) is 0 Å². The molecule has 0 aliphatic heterocycles. The summed E-state index contributed by atoms with van der Waals surface area (Å²) in [5, 5.41) is 44.0. The molecule has 0 spiro atoms. The Labute approximate surface area is 283 Å². The van der Waals surface area contributed by atoms with Gasteiger partial charge in [-0.05, 0) is 70.8 Å². The lowest BCUT2D eigenvalue weighted by Crippen LogP contribution is -2.01. The fourth-order valence-electron chi connectivity index (χ4n) is 6.37. The Kier molecular flexibility index (Phi) is 7.21. The van der Waals surface area contributed by atoms with Crippen LogP contribution in [0, 0.1) is 0 Å². The number of fused-ring (bicyclic) bond motifs is 2. The molecule has 0 saturated heterocycles. The predicted octanol–water partition coefficient (Wildman–Crippen LogP) is 10.8. The number of hydrogen-bond donors (Lipinski definition) is 4. The van der Waals surface area contributed by atoms with Gasteiger partial charge in [0.2, 0.25) is 5.78 Å². The lowest BCUT2D eigenvalue weighted by atomic mass is 9.91. The first-order chi connectivity index (χ1) is 23.4. The second-order valence-electron chi connectivity index (χ2n) is 11.4. The van der Waals surface area contributed by atoms with Gasteiger partial charge in [0.05, 0.1) is 9.75 Å². The van der Waals surface area contributed by atoms with Crippen molar-refractivity contribution in [2.75, 3.05) is 0 Å². The van der Waals surface area contributed by atoms with Crippen LogP contribution >= 0.6 is 22.7 Å². The number of hydrogen-bond acceptors (Lipinski definition) is 7. The number of rotatable bonds is 6. The Morgan fingerprint density at radius 3 is 1.19 bits per heavy atom. The molecule has 0 fully saturated rings. The maximum Gasteiger partial charge on any atom is 0.214 e. The first kappa shape index (κ1) is 29.5. The highest BCUT2D eigenvalue weighted by molar-refractivity contribution is 7.25. The second kappa shape index (κ2) is 11.7. The highest BCUT2D eigenvalue weighted by Crippen LogP contribution is 2.51. The van der Waals surface area contributed by atoms with Crippen LogP contribution < -0.4 is 0 Å². The van der Waals surface area contributed by atoms with Crippen molar-refractivity contribution < 1.29 is 25.2 Å². The van der Waals surface area contributed by atoms with Crippen molar-refractivity contribution in [2.24, 2.45) is 0 Å². The van der Waals surface area contributed by atoms with E-state index in [1.165, 1.54) is 22.7 Å². The molecule has 0 aliphatic carbocycles. The van der Waals surface area contributed by atoms with Gasteiger partial charge in [-0.15, -0.1) is 22.7 Å². The minimum Gasteiger partial charge on any atom is -0.508 e. The van der Waals surface area contributed by atoms with Crippen molar-refractivity contribution in [1.29, 1.82) is 0 Å². The predicted molar refractivity (Wildman–Crippen MR) is 195 cm³/mol. The van der Waals surface area contributed by atoms with Crippen molar-refractivity contribution in [3.8, 4) is 67.5 Å². The molecular weight excluding hydrogens is 637 g/mol. The number of carbonyl (C=O) groups excluding carboxylic acids is 1. The quantitative estimate of drug-likeness (QED) is 0.133. The van der Waals surface area contributed by atoms with Crippen LogP contribution in [0.3, 0.4) is 0 Å². The van der Waals surface area contributed by atoms with Gasteiger partial charge in [-0.1, -0.05) is 84.9 Å². The molecule has 0 bridgehead atoms. The number of phenols is 4. The third kappa shape index (κ3) is 4.88. The Hall–Kier alpha value is -5.89. The zero-order valence-corrected chi connectivity index (χ0v) is 26.8. The maximum atomic E-state index is 15.2. The summed E-state index contributed by atoms with van der Waals surface area (Å²) in [7, 11) is 0. The van der Waals surface area contributed by atoms with E-state index in [1.807, 2.05) is 84.9 Å². The van der Waals surface area contributed by atoms with Gasteiger partial charge in [0.25, 0.3) is 0 Å². The fraction of sp³-hybridized carbons (Fsp3) is 0. The summed E-state index contributed by atoms with van der Waals surface area (Å²) in [4.78, 5) is 16.1. The molecule has 7 heteroatoms. The van der Waals surface area contributed by atoms with Crippen LogP contribution in [0.5, 0.6) is 23.0 Å². The first-order valence-corrected chi connectivity index (χ1v) is 16.8. The molecule has 5 nitrogen and oxygen atoms in total. The first-order valence-electron chi connectivity index (χ1n) is 15.2. The normalized spacial score (nSPS) is 11.3. The molecule has 0 amide bonds. The minimum absolute atomic E-state index is 0.0543. The Bertz CT molecular complexity index is 2330. The summed E-state index contributed by atoms with van der Waals surface area (Å²) >= 11 is 2.74. The number of benzene rings is 6. The van der Waals surface area contributed by atoms with E-state index < -0.39 is 0 Å². The molecule has 8 aromatic rings. The van der Waals surface area contributed by atoms with Crippen molar-refractivity contribution in [2.45, 2.75) is 0 Å². The molecule has 2 aromatic heterocycles. The summed E-state index contributed by atoms with van der Waals surface area (Å²) in [6.45, 7) is 0. The topological polar surface area (TPSA) is 98.0 Å². The molecule has 2 heterocycles. The van der Waals surface area contributed by atoms with E-state index in [4.69, 9.17) is 0 Å². The van der Waals surface area contributed by atoms with Crippen molar-refractivity contribution in [1.82, 2.24) is 0 Å². The summed E-state index contributed by atoms with van der Waals surface area (Å²) in [5.41, 5.74) is 5.79. The van der Waals surface area contributed by atoms with Crippen LogP contribution in [0.2, 0.25) is 0 Å². The van der Waals surface area contributed by atoms with Crippen molar-refractivity contribution >= 4 is 48.6 Å². The molecular formula is C41H26O5S2. The largest absolute Gasteiger partial charge is 0.508 e. The van der Waals surface area contributed by atoms with Crippen LogP contribution in [0.25, 0.3) is 64.7 Å². The molecule has 48 heavy (non-hydrogen) atoms. The molecule has 0 saturated carbocycles. The van der Waals surface area contributed by atoms with E-state index in [2.05, 4.69) is 0 Å². The van der Waals surface area contributed by atoms with E-state index in [0.717, 1.165) is 42.4 Å². The van der Waals surface area contributed by atoms with Crippen LogP contribution in [-0.2, 0) is 0 Å². The van der Waals surface area contributed by atoms with Crippen molar-refractivity contribution in [3.05, 3.63) is 143 Å². The van der Waals surface area contributed by atoms with E-state index in [1.54, 1.807) is 48.5 Å². The number of ketones is 1. The van der Waals surface area contributed by atoms with Crippen LogP contribution in [-0.4, -0.2) is 26.2 Å². The smallest absolute Gasteiger partial charge is 0.214 e. The molecule has 0 atom stereocenters. The van der Waals surface area contributed by atoms with Gasteiger partial charge in [-0.25, -0.2) is 0 Å². The molecule has 0 unspecified atom stereocenters. The average Bonchev–Trinajstić information content (AvgIpc) is 3.69. The van der Waals surface area contributed by atoms with E-state index in [0.29, 0.717) is 32.0 Å². The summed E-state index contributed by atoms with van der Waals surface area (Å²) in [6, 6.07) is 39.7. The van der Waals surface area contributed by atoms with Gasteiger partial charge >= 0.3 is 0 Å². The average molecular weight is 663 g/mol. The molecule has 0 aliphatic rings. The molecule has 0 radical (unpaired) electrons. The number of carbonyl (C=O) groups is 1. The third-order valence-corrected chi connectivity index (χ3v) is 10.9. The summed E-state index contributed by atoms with van der Waals surface area (Å²) < 4.78 is 1.74. The SMILES string of the molecule is O=C(c1sc2cccc(-c3ccc(O)cc3)c2c1-c1ccccc1O)c1sc2cccc(-c3ccc(O)cc3)c2c1-c1ccccc1O. The highest BCUT2D eigenvalue weighted by Gasteiger charge is 2.30. The van der Waals surface area contributed by atoms with Crippen LogP contribution in [0.4, 0.5) is 0 Å². The maximum absolute atomic E-state index is 15.2. The van der Waals surface area contributed by atoms with Crippen LogP contribution in [0.1, 0.15) is 14.5 Å². The molecule has 8 rings (SSSR count). The Balaban J connectivity index is 1.45. The number of aromatic hydroxyl groups is 4. The molecule has 232 valence electrons. The standard InChI is InChI=1S/C41H26O5S2/c42-25-19-15-23(16-20-25)27-9-5-13-33-35(27)37(29-7-1-3-11-31(29)44)40(47-33)39(46)41-38(30-8-2-4-12-32(30)45)36-28(10-6-14-34(36)48-41)24-17-21-26(43)22-18-24/h1-22,42-45H. The fourth-order valence-corrected chi connectivity index (χ4v) is 8.81. The third-order valence-electron chi connectivity index (χ3n) is 8.55. The van der Waals surface area contributed by atoms with Gasteiger partial charge in [-0.3, -0.25) is 4.79 Å². The lowest BCUT2D eigenvalue weighted by molar-refractivity contribution is 0.104. The van der Waals surface area contributed by atoms with Gasteiger partial charge in [0.15, 0.2) is 0 Å². The van der Waals surface area contributed by atoms with Crippen molar-refractivity contribution in [3.63, 3.8) is 0 Å². The zero-order chi connectivity index (χ0) is 32.9. The van der Waals surface area contributed by atoms with Gasteiger partial charge in [0.1, 0.15) is 23.0 Å². The van der Waals surface area contributed by atoms with Crippen LogP contribution in [0.15, 0.2) is 133 Å². The number of thiophene rings is 2. The Morgan fingerprint density at radius 2 is 0.792 bits per heavy atom. The van der Waals surface area contributed by atoms with Gasteiger partial charge in [0, 0.05) is 42.4 Å².